The van der Waals surface area contributed by atoms with Crippen LogP contribution in [0.5, 0.6) is 0 Å². The lowest BCUT2D eigenvalue weighted by atomic mass is 10.1. The van der Waals surface area contributed by atoms with Crippen molar-refractivity contribution < 1.29 is 14.5 Å². The van der Waals surface area contributed by atoms with Crippen LogP contribution in [0.1, 0.15) is 23.7 Å². The summed E-state index contributed by atoms with van der Waals surface area (Å²) in [7, 11) is 0. The van der Waals surface area contributed by atoms with Gasteiger partial charge < -0.3 is 15.4 Å². The zero-order valence-corrected chi connectivity index (χ0v) is 11.9. The van der Waals surface area contributed by atoms with E-state index in [9.17, 15) is 14.9 Å². The van der Waals surface area contributed by atoms with E-state index >= 15 is 0 Å². The Kier molecular flexibility index (Phi) is 4.74. The third kappa shape index (κ3) is 3.49. The van der Waals surface area contributed by atoms with Gasteiger partial charge in [-0.25, -0.2) is 0 Å². The second-order valence-corrected chi connectivity index (χ2v) is 5.10. The smallest absolute Gasteiger partial charge is 0.292 e. The van der Waals surface area contributed by atoms with Gasteiger partial charge >= 0.3 is 0 Å². The highest BCUT2D eigenvalue weighted by Crippen LogP contribution is 2.25. The number of hydrogen-bond acceptors (Lipinski definition) is 5. The summed E-state index contributed by atoms with van der Waals surface area (Å²) in [5.74, 6) is 0.134. The first-order chi connectivity index (χ1) is 10.0. The molecule has 1 aromatic carbocycles. The van der Waals surface area contributed by atoms with Crippen LogP contribution in [0.2, 0.25) is 0 Å². The number of nitrogens with two attached hydrogens (primary N) is 1. The Labute approximate surface area is 122 Å². The molecule has 1 amide bonds. The minimum absolute atomic E-state index is 0.0622. The van der Waals surface area contributed by atoms with Crippen molar-refractivity contribution in [1.82, 2.24) is 4.90 Å². The topological polar surface area (TPSA) is 98.7 Å². The van der Waals surface area contributed by atoms with E-state index in [2.05, 4.69) is 0 Å². The first kappa shape index (κ1) is 15.2. The summed E-state index contributed by atoms with van der Waals surface area (Å²) >= 11 is 0. The number of nitrogen functional groups attached to an aromatic ring is 1. The van der Waals surface area contributed by atoms with Crippen LogP contribution in [-0.4, -0.2) is 42.0 Å². The van der Waals surface area contributed by atoms with Gasteiger partial charge in [-0.05, 0) is 25.5 Å². The SMILES string of the molecule is CCOCC1CCN(C(=O)c2ccc(N)c([N+](=O)[O-])c2)C1. The number of likely N-dealkylation sites (tertiary alicyclic amines) is 1. The number of nitro benzene ring substituents is 1. The van der Waals surface area contributed by atoms with Crippen molar-refractivity contribution >= 4 is 17.3 Å². The van der Waals surface area contributed by atoms with Crippen molar-refractivity contribution in [3.8, 4) is 0 Å². The van der Waals surface area contributed by atoms with Crippen molar-refractivity contribution in [3.05, 3.63) is 33.9 Å². The van der Waals surface area contributed by atoms with E-state index in [1.807, 2.05) is 6.92 Å². The van der Waals surface area contributed by atoms with Gasteiger partial charge in [-0.2, -0.15) is 0 Å². The molecule has 1 heterocycles. The van der Waals surface area contributed by atoms with Gasteiger partial charge in [0.15, 0.2) is 0 Å². The highest BCUT2D eigenvalue weighted by molar-refractivity contribution is 5.95. The van der Waals surface area contributed by atoms with E-state index in [0.29, 0.717) is 37.8 Å². The third-order valence-electron chi connectivity index (χ3n) is 3.60. The average Bonchev–Trinajstić information content (AvgIpc) is 2.93. The predicted molar refractivity (Wildman–Crippen MR) is 78.0 cm³/mol. The zero-order chi connectivity index (χ0) is 15.4. The molecule has 21 heavy (non-hydrogen) atoms. The Balaban J connectivity index is 2.07. The molecule has 1 aromatic rings. The number of nitro groups is 1. The second kappa shape index (κ2) is 6.53. The summed E-state index contributed by atoms with van der Waals surface area (Å²) in [6.07, 6.45) is 0.892. The first-order valence-electron chi connectivity index (χ1n) is 6.93. The molecule has 0 aromatic heterocycles. The molecule has 1 atom stereocenters. The molecule has 1 saturated heterocycles. The lowest BCUT2D eigenvalue weighted by molar-refractivity contribution is -0.383. The average molecular weight is 293 g/mol. The molecule has 1 aliphatic heterocycles. The summed E-state index contributed by atoms with van der Waals surface area (Å²) in [5, 5.41) is 10.9. The van der Waals surface area contributed by atoms with Crippen LogP contribution in [0.3, 0.4) is 0 Å². The Hall–Kier alpha value is -2.15. The van der Waals surface area contributed by atoms with Crippen molar-refractivity contribution in [2.45, 2.75) is 13.3 Å². The highest BCUT2D eigenvalue weighted by atomic mass is 16.6. The quantitative estimate of drug-likeness (QED) is 0.506. The molecule has 0 bridgehead atoms. The highest BCUT2D eigenvalue weighted by Gasteiger charge is 2.28. The number of benzene rings is 1. The van der Waals surface area contributed by atoms with Crippen LogP contribution < -0.4 is 5.73 Å². The molecule has 7 nitrogen and oxygen atoms in total. The maximum absolute atomic E-state index is 12.4. The van der Waals surface area contributed by atoms with Crippen LogP contribution in [0.4, 0.5) is 11.4 Å². The maximum Gasteiger partial charge on any atom is 0.292 e. The predicted octanol–water partition coefficient (Wildman–Crippen LogP) is 1.68. The minimum Gasteiger partial charge on any atom is -0.393 e. The summed E-state index contributed by atoms with van der Waals surface area (Å²) in [4.78, 5) is 24.4. The molecule has 0 saturated carbocycles. The Morgan fingerprint density at radius 1 is 1.57 bits per heavy atom. The van der Waals surface area contributed by atoms with E-state index in [1.165, 1.54) is 18.2 Å². The van der Waals surface area contributed by atoms with Crippen LogP contribution >= 0.6 is 0 Å². The van der Waals surface area contributed by atoms with E-state index in [4.69, 9.17) is 10.5 Å². The number of ether oxygens (including phenoxy) is 1. The fourth-order valence-corrected chi connectivity index (χ4v) is 2.46. The number of nitrogens with zero attached hydrogens (tertiary/aromatic N) is 2. The van der Waals surface area contributed by atoms with Crippen molar-refractivity contribution in [2.75, 3.05) is 32.0 Å². The van der Waals surface area contributed by atoms with Crippen molar-refractivity contribution in [1.29, 1.82) is 0 Å². The number of amides is 1. The molecular weight excluding hydrogens is 274 g/mol. The van der Waals surface area contributed by atoms with E-state index in [-0.39, 0.29) is 17.3 Å². The van der Waals surface area contributed by atoms with Crippen LogP contribution in [0.25, 0.3) is 0 Å². The molecule has 7 heteroatoms. The van der Waals surface area contributed by atoms with Gasteiger partial charge in [0.25, 0.3) is 11.6 Å². The second-order valence-electron chi connectivity index (χ2n) is 5.10. The fraction of sp³-hybridized carbons (Fsp3) is 0.500. The Morgan fingerprint density at radius 2 is 2.33 bits per heavy atom. The van der Waals surface area contributed by atoms with Crippen LogP contribution in [-0.2, 0) is 4.74 Å². The Morgan fingerprint density at radius 3 is 3.00 bits per heavy atom. The number of rotatable bonds is 5. The number of carbonyl (C=O) groups is 1. The summed E-state index contributed by atoms with van der Waals surface area (Å²) in [5.41, 5.74) is 5.67. The molecule has 114 valence electrons. The molecule has 0 aliphatic carbocycles. The van der Waals surface area contributed by atoms with Gasteiger partial charge in [-0.15, -0.1) is 0 Å². The normalized spacial score (nSPS) is 18.0. The van der Waals surface area contributed by atoms with Gasteiger partial charge in [0, 0.05) is 37.2 Å². The van der Waals surface area contributed by atoms with Gasteiger partial charge in [0.1, 0.15) is 5.69 Å². The Bertz CT molecular complexity index is 547. The van der Waals surface area contributed by atoms with Crippen LogP contribution in [0, 0.1) is 16.0 Å². The summed E-state index contributed by atoms with van der Waals surface area (Å²) < 4.78 is 5.37. The van der Waals surface area contributed by atoms with Crippen molar-refractivity contribution in [2.24, 2.45) is 5.92 Å². The number of hydrogen-bond donors (Lipinski definition) is 1. The van der Waals surface area contributed by atoms with Crippen molar-refractivity contribution in [3.63, 3.8) is 0 Å². The van der Waals surface area contributed by atoms with E-state index in [0.717, 1.165) is 6.42 Å². The standard InChI is InChI=1S/C14H19N3O4/c1-2-21-9-10-5-6-16(8-10)14(18)11-3-4-12(15)13(7-11)17(19)20/h3-4,7,10H,2,5-6,8-9,15H2,1H3. The van der Waals surface area contributed by atoms with Gasteiger partial charge in [-0.3, -0.25) is 14.9 Å². The first-order valence-corrected chi connectivity index (χ1v) is 6.93. The molecule has 0 radical (unpaired) electrons. The summed E-state index contributed by atoms with van der Waals surface area (Å²) in [6.45, 7) is 4.51. The molecular formula is C14H19N3O4. The van der Waals surface area contributed by atoms with Gasteiger partial charge in [0.05, 0.1) is 11.5 Å². The summed E-state index contributed by atoms with van der Waals surface area (Å²) in [6, 6.07) is 4.17. The number of carbonyl (C=O) groups excluding carboxylic acids is 1. The molecule has 2 rings (SSSR count). The molecule has 1 aliphatic rings. The molecule has 1 fully saturated rings. The zero-order valence-electron chi connectivity index (χ0n) is 11.9. The maximum atomic E-state index is 12.4. The lowest BCUT2D eigenvalue weighted by Crippen LogP contribution is -2.29. The van der Waals surface area contributed by atoms with E-state index in [1.54, 1.807) is 4.90 Å². The lowest BCUT2D eigenvalue weighted by Gasteiger charge is -2.16. The van der Waals surface area contributed by atoms with Crippen LogP contribution in [0.15, 0.2) is 18.2 Å². The molecule has 1 unspecified atom stereocenters. The fourth-order valence-electron chi connectivity index (χ4n) is 2.46. The monoisotopic (exact) mass is 293 g/mol. The largest absolute Gasteiger partial charge is 0.393 e. The number of anilines is 1. The third-order valence-corrected chi connectivity index (χ3v) is 3.60. The van der Waals surface area contributed by atoms with Gasteiger partial charge in [0.2, 0.25) is 0 Å². The van der Waals surface area contributed by atoms with Gasteiger partial charge in [-0.1, -0.05) is 0 Å². The molecule has 2 N–H and O–H groups in total. The molecule has 0 spiro atoms. The minimum atomic E-state index is -0.575. The van der Waals surface area contributed by atoms with E-state index < -0.39 is 4.92 Å².